The molecule has 1 aromatic carbocycles. The van der Waals surface area contributed by atoms with E-state index in [1.807, 2.05) is 13.2 Å². The zero-order valence-electron chi connectivity index (χ0n) is 16.7. The van der Waals surface area contributed by atoms with Crippen molar-refractivity contribution in [3.05, 3.63) is 47.0 Å². The lowest BCUT2D eigenvalue weighted by molar-refractivity contribution is -0.130. The van der Waals surface area contributed by atoms with E-state index in [1.165, 1.54) is 10.5 Å². The van der Waals surface area contributed by atoms with E-state index in [0.29, 0.717) is 11.5 Å². The van der Waals surface area contributed by atoms with Gasteiger partial charge in [0.15, 0.2) is 6.10 Å². The van der Waals surface area contributed by atoms with Crippen LogP contribution in [0.15, 0.2) is 40.8 Å². The largest absolute Gasteiger partial charge is 0.478 e. The van der Waals surface area contributed by atoms with E-state index in [9.17, 15) is 9.59 Å². The molecule has 0 saturated carbocycles. The van der Waals surface area contributed by atoms with Gasteiger partial charge in [-0.15, -0.1) is 11.8 Å². The number of nitrogens with zero attached hydrogens (tertiary/aromatic N) is 1. The van der Waals surface area contributed by atoms with Crippen LogP contribution in [0.4, 0.5) is 0 Å². The van der Waals surface area contributed by atoms with E-state index in [0.717, 1.165) is 41.7 Å². The fourth-order valence-corrected chi connectivity index (χ4v) is 3.37. The number of unbranched alkanes of at least 4 members (excludes halogenated alkanes) is 1. The highest BCUT2D eigenvalue weighted by molar-refractivity contribution is 7.98. The lowest BCUT2D eigenvalue weighted by atomic mass is 9.94. The summed E-state index contributed by atoms with van der Waals surface area (Å²) in [6.45, 7) is 5.71. The summed E-state index contributed by atoms with van der Waals surface area (Å²) in [5, 5.41) is 2.87. The normalized spacial score (nSPS) is 17.4. The number of ether oxygens (including phenoxy) is 1. The first kappa shape index (κ1) is 21.1. The molecule has 5 nitrogen and oxygen atoms in total. The maximum absolute atomic E-state index is 11.9. The predicted octanol–water partition coefficient (Wildman–Crippen LogP) is 3.95. The molecule has 1 atom stereocenters. The molecule has 0 spiro atoms. The number of carbonyl (C=O) groups is 2. The van der Waals surface area contributed by atoms with Crippen molar-refractivity contribution < 1.29 is 14.3 Å². The first-order chi connectivity index (χ1) is 12.9. The van der Waals surface area contributed by atoms with E-state index in [-0.39, 0.29) is 5.91 Å². The molecular weight excluding hydrogens is 360 g/mol. The second kappa shape index (κ2) is 9.65. The van der Waals surface area contributed by atoms with Crippen molar-refractivity contribution in [2.45, 2.75) is 51.0 Å². The molecule has 146 valence electrons. The summed E-state index contributed by atoms with van der Waals surface area (Å²) < 4.78 is 5.96. The van der Waals surface area contributed by atoms with Gasteiger partial charge >= 0.3 is 0 Å². The highest BCUT2D eigenvalue weighted by Gasteiger charge is 2.27. The molecule has 0 bridgehead atoms. The zero-order chi connectivity index (χ0) is 20.0. The van der Waals surface area contributed by atoms with Crippen LogP contribution in [-0.4, -0.2) is 36.6 Å². The van der Waals surface area contributed by atoms with Gasteiger partial charge in [-0.05, 0) is 56.2 Å². The average molecular weight is 389 g/mol. The molecule has 2 amide bonds. The van der Waals surface area contributed by atoms with Crippen LogP contribution in [0.3, 0.4) is 0 Å². The number of benzene rings is 1. The lowest BCUT2D eigenvalue weighted by Gasteiger charge is -2.28. The Labute approximate surface area is 165 Å². The first-order valence-corrected chi connectivity index (χ1v) is 10.4. The fraction of sp³-hybridized carbons (Fsp3) is 0.429. The molecule has 0 aromatic heterocycles. The summed E-state index contributed by atoms with van der Waals surface area (Å²) >= 11 is 1.67. The van der Waals surface area contributed by atoms with Gasteiger partial charge in [-0.2, -0.15) is 0 Å². The number of aryl methyl sites for hydroxylation is 1. The molecule has 0 radical (unpaired) electrons. The molecule has 27 heavy (non-hydrogen) atoms. The van der Waals surface area contributed by atoms with E-state index in [4.69, 9.17) is 4.74 Å². The molecule has 2 rings (SSSR count). The molecule has 1 aromatic rings. The number of hydrogen-bond donors (Lipinski definition) is 1. The van der Waals surface area contributed by atoms with Crippen molar-refractivity contribution in [3.63, 3.8) is 0 Å². The monoisotopic (exact) mass is 388 g/mol. The van der Waals surface area contributed by atoms with Crippen LogP contribution in [0, 0.1) is 0 Å². The summed E-state index contributed by atoms with van der Waals surface area (Å²) in [5.74, 6) is 0.440. The summed E-state index contributed by atoms with van der Waals surface area (Å²) in [4.78, 5) is 25.8. The molecule has 1 heterocycles. The van der Waals surface area contributed by atoms with E-state index in [1.54, 1.807) is 31.9 Å². The first-order valence-electron chi connectivity index (χ1n) is 9.16. The van der Waals surface area contributed by atoms with Crippen molar-refractivity contribution in [1.82, 2.24) is 10.2 Å². The second-order valence-electron chi connectivity index (χ2n) is 6.64. The Morgan fingerprint density at radius 1 is 1.41 bits per heavy atom. The van der Waals surface area contributed by atoms with Crippen LogP contribution in [0.1, 0.15) is 44.7 Å². The predicted molar refractivity (Wildman–Crippen MR) is 110 cm³/mol. The van der Waals surface area contributed by atoms with Crippen LogP contribution in [0.2, 0.25) is 0 Å². The highest BCUT2D eigenvalue weighted by atomic mass is 32.2. The molecule has 6 heteroatoms. The number of carbonyl (C=O) groups excluding carboxylic acids is 2. The lowest BCUT2D eigenvalue weighted by Crippen LogP contribution is -2.39. The minimum atomic E-state index is -0.587. The van der Waals surface area contributed by atoms with Gasteiger partial charge in [0, 0.05) is 23.7 Å². The standard InChI is InChI=1S/C21H28N2O3S/c1-6-7-8-16-9-10-17(27-5)11-18(16)19(12-23(4)13-24)20-14(2)22-21(25)15(3)26-20/h9-13,15H,6-8H2,1-5H3,(H,22,25)/b19-12-. The molecule has 0 saturated heterocycles. The number of nitrogens with one attached hydrogen (secondary N) is 1. The quantitative estimate of drug-likeness (QED) is 0.541. The van der Waals surface area contributed by atoms with Gasteiger partial charge < -0.3 is 15.0 Å². The molecule has 1 unspecified atom stereocenters. The molecule has 0 fully saturated rings. The molecule has 1 aliphatic heterocycles. The van der Waals surface area contributed by atoms with Crippen molar-refractivity contribution in [2.24, 2.45) is 0 Å². The van der Waals surface area contributed by atoms with Gasteiger partial charge in [0.25, 0.3) is 5.91 Å². The van der Waals surface area contributed by atoms with E-state index < -0.39 is 6.10 Å². The van der Waals surface area contributed by atoms with Gasteiger partial charge in [-0.25, -0.2) is 0 Å². The molecule has 1 aliphatic rings. The van der Waals surface area contributed by atoms with E-state index in [2.05, 4.69) is 30.4 Å². The van der Waals surface area contributed by atoms with Gasteiger partial charge in [-0.3, -0.25) is 9.59 Å². The topological polar surface area (TPSA) is 58.6 Å². The Balaban J connectivity index is 2.65. The third-order valence-corrected chi connectivity index (χ3v) is 5.19. The van der Waals surface area contributed by atoms with Crippen LogP contribution >= 0.6 is 11.8 Å². The van der Waals surface area contributed by atoms with E-state index >= 15 is 0 Å². The maximum atomic E-state index is 11.9. The minimum absolute atomic E-state index is 0.164. The Kier molecular flexibility index (Phi) is 7.54. The third-order valence-electron chi connectivity index (χ3n) is 4.47. The van der Waals surface area contributed by atoms with Crippen molar-refractivity contribution in [1.29, 1.82) is 0 Å². The fourth-order valence-electron chi connectivity index (χ4n) is 2.93. The maximum Gasteiger partial charge on any atom is 0.265 e. The van der Waals surface area contributed by atoms with Gasteiger partial charge in [0.05, 0.1) is 5.70 Å². The van der Waals surface area contributed by atoms with Crippen molar-refractivity contribution >= 4 is 29.7 Å². The Morgan fingerprint density at radius 2 is 2.15 bits per heavy atom. The molecule has 0 aliphatic carbocycles. The smallest absolute Gasteiger partial charge is 0.265 e. The average Bonchev–Trinajstić information content (AvgIpc) is 2.67. The van der Waals surface area contributed by atoms with Gasteiger partial charge in [0.2, 0.25) is 6.41 Å². The summed E-state index contributed by atoms with van der Waals surface area (Å²) in [5.41, 5.74) is 3.69. The Bertz CT molecular complexity index is 771. The Hall–Kier alpha value is -2.21. The minimum Gasteiger partial charge on any atom is -0.478 e. The summed E-state index contributed by atoms with van der Waals surface area (Å²) in [7, 11) is 1.69. The van der Waals surface area contributed by atoms with Crippen LogP contribution in [0.5, 0.6) is 0 Å². The molecular formula is C21H28N2O3S. The van der Waals surface area contributed by atoms with Crippen LogP contribution in [-0.2, 0) is 20.7 Å². The third kappa shape index (κ3) is 5.16. The number of allylic oxidation sites excluding steroid dienone is 2. The summed E-state index contributed by atoms with van der Waals surface area (Å²) in [6, 6.07) is 6.39. The Morgan fingerprint density at radius 3 is 2.78 bits per heavy atom. The van der Waals surface area contributed by atoms with Gasteiger partial charge in [0.1, 0.15) is 5.76 Å². The number of amides is 2. The van der Waals surface area contributed by atoms with Crippen molar-refractivity contribution in [2.75, 3.05) is 13.3 Å². The zero-order valence-corrected chi connectivity index (χ0v) is 17.5. The van der Waals surface area contributed by atoms with Gasteiger partial charge in [-0.1, -0.05) is 19.4 Å². The van der Waals surface area contributed by atoms with Crippen molar-refractivity contribution in [3.8, 4) is 0 Å². The highest BCUT2D eigenvalue weighted by Crippen LogP contribution is 2.34. The second-order valence-corrected chi connectivity index (χ2v) is 7.52. The van der Waals surface area contributed by atoms with Crippen LogP contribution < -0.4 is 5.32 Å². The number of hydrogen-bond acceptors (Lipinski definition) is 4. The van der Waals surface area contributed by atoms with Crippen LogP contribution in [0.25, 0.3) is 5.57 Å². The summed E-state index contributed by atoms with van der Waals surface area (Å²) in [6.07, 6.45) is 7.09. The molecule has 1 N–H and O–H groups in total. The SMILES string of the molecule is CCCCc1ccc(SC)cc1/C(=C/N(C)C=O)C1=C(C)NC(=O)C(C)O1. The number of thioether (sulfide) groups is 1. The number of rotatable bonds is 8.